The third-order valence-electron chi connectivity index (χ3n) is 1.84. The molecule has 2 N–H and O–H groups in total. The first kappa shape index (κ1) is 12.1. The molecule has 0 atom stereocenters. The van der Waals surface area contributed by atoms with Gasteiger partial charge in [-0.15, -0.1) is 11.8 Å². The number of thioether (sulfide) groups is 1. The summed E-state index contributed by atoms with van der Waals surface area (Å²) in [5.41, 5.74) is 1.25. The van der Waals surface area contributed by atoms with E-state index in [9.17, 15) is 4.79 Å². The van der Waals surface area contributed by atoms with E-state index in [1.807, 2.05) is 0 Å². The van der Waals surface area contributed by atoms with Crippen LogP contribution in [0.1, 0.15) is 5.56 Å². The molecular formula is C11H15NO2S. The maximum absolute atomic E-state index is 10.2. The lowest BCUT2D eigenvalue weighted by Gasteiger charge is -2.02. The van der Waals surface area contributed by atoms with E-state index in [0.29, 0.717) is 6.54 Å². The molecule has 0 saturated heterocycles. The Hall–Kier alpha value is -1.00. The lowest BCUT2D eigenvalue weighted by atomic mass is 10.2. The minimum Gasteiger partial charge on any atom is -0.480 e. The number of hydrogen-bond donors (Lipinski definition) is 2. The maximum Gasteiger partial charge on any atom is 0.317 e. The van der Waals surface area contributed by atoms with Gasteiger partial charge in [-0.05, 0) is 19.1 Å². The van der Waals surface area contributed by atoms with Gasteiger partial charge in [-0.3, -0.25) is 4.79 Å². The number of carboxylic acid groups (broad SMARTS) is 1. The highest BCUT2D eigenvalue weighted by molar-refractivity contribution is 7.99. The van der Waals surface area contributed by atoms with Crippen molar-refractivity contribution in [1.29, 1.82) is 0 Å². The van der Waals surface area contributed by atoms with Gasteiger partial charge in [0.1, 0.15) is 0 Å². The number of hydrogen-bond acceptors (Lipinski definition) is 3. The van der Waals surface area contributed by atoms with Crippen molar-refractivity contribution >= 4 is 17.7 Å². The first-order valence-corrected chi connectivity index (χ1v) is 5.79. The first-order valence-electron chi connectivity index (χ1n) is 4.80. The molecule has 0 aliphatic heterocycles. The molecule has 0 fully saturated rings. The average Bonchev–Trinajstić information content (AvgIpc) is 2.20. The molecule has 0 radical (unpaired) electrons. The van der Waals surface area contributed by atoms with Crippen molar-refractivity contribution in [2.45, 2.75) is 11.8 Å². The number of carboxylic acids is 1. The van der Waals surface area contributed by atoms with E-state index >= 15 is 0 Å². The van der Waals surface area contributed by atoms with Crippen LogP contribution in [-0.2, 0) is 4.79 Å². The van der Waals surface area contributed by atoms with Gasteiger partial charge in [0.05, 0.1) is 6.54 Å². The molecule has 15 heavy (non-hydrogen) atoms. The highest BCUT2D eigenvalue weighted by Gasteiger charge is 1.96. The standard InChI is InChI=1S/C11H15NO2S/c1-9-2-4-10(5-3-9)15-7-6-12-8-11(13)14/h2-5,12H,6-8H2,1H3,(H,13,14). The van der Waals surface area contributed by atoms with Crippen LogP contribution < -0.4 is 5.32 Å². The fraction of sp³-hybridized carbons (Fsp3) is 0.364. The van der Waals surface area contributed by atoms with Gasteiger partial charge >= 0.3 is 5.97 Å². The number of aliphatic carboxylic acids is 1. The predicted molar refractivity (Wildman–Crippen MR) is 62.4 cm³/mol. The summed E-state index contributed by atoms with van der Waals surface area (Å²) in [7, 11) is 0. The number of benzene rings is 1. The summed E-state index contributed by atoms with van der Waals surface area (Å²) in [6, 6.07) is 8.31. The van der Waals surface area contributed by atoms with Gasteiger partial charge < -0.3 is 10.4 Å². The molecular weight excluding hydrogens is 210 g/mol. The van der Waals surface area contributed by atoms with Gasteiger partial charge in [0, 0.05) is 17.2 Å². The Morgan fingerprint density at radius 2 is 2.07 bits per heavy atom. The van der Waals surface area contributed by atoms with Crippen molar-refractivity contribution in [2.24, 2.45) is 0 Å². The van der Waals surface area contributed by atoms with Gasteiger partial charge in [0.25, 0.3) is 0 Å². The predicted octanol–water partition coefficient (Wildman–Crippen LogP) is 1.76. The first-order chi connectivity index (χ1) is 7.18. The summed E-state index contributed by atoms with van der Waals surface area (Å²) in [6.45, 7) is 2.81. The summed E-state index contributed by atoms with van der Waals surface area (Å²) in [5.74, 6) is 0.0754. The van der Waals surface area contributed by atoms with Crippen molar-refractivity contribution in [1.82, 2.24) is 5.32 Å². The van der Waals surface area contributed by atoms with Crippen LogP contribution in [0, 0.1) is 6.92 Å². The molecule has 0 aromatic heterocycles. The molecule has 0 bridgehead atoms. The van der Waals surface area contributed by atoms with E-state index in [0.717, 1.165) is 5.75 Å². The van der Waals surface area contributed by atoms with Crippen LogP contribution in [0.25, 0.3) is 0 Å². The van der Waals surface area contributed by atoms with Gasteiger partial charge in [-0.2, -0.15) is 0 Å². The van der Waals surface area contributed by atoms with Crippen LogP contribution in [0.5, 0.6) is 0 Å². The Kier molecular flexibility index (Phi) is 5.21. The quantitative estimate of drug-likeness (QED) is 0.572. The molecule has 82 valence electrons. The molecule has 1 aromatic carbocycles. The zero-order valence-corrected chi connectivity index (χ0v) is 9.51. The van der Waals surface area contributed by atoms with E-state index in [-0.39, 0.29) is 6.54 Å². The lowest BCUT2D eigenvalue weighted by molar-refractivity contribution is -0.135. The second-order valence-electron chi connectivity index (χ2n) is 3.23. The van der Waals surface area contributed by atoms with E-state index in [1.54, 1.807) is 11.8 Å². The minimum atomic E-state index is -0.810. The van der Waals surface area contributed by atoms with E-state index in [1.165, 1.54) is 10.5 Å². The third kappa shape index (κ3) is 5.44. The average molecular weight is 225 g/mol. The van der Waals surface area contributed by atoms with Crippen molar-refractivity contribution in [3.8, 4) is 0 Å². The maximum atomic E-state index is 10.2. The number of nitrogens with one attached hydrogen (secondary N) is 1. The van der Waals surface area contributed by atoms with Crippen LogP contribution in [0.3, 0.4) is 0 Å². The molecule has 0 saturated carbocycles. The molecule has 0 amide bonds. The Morgan fingerprint density at radius 3 is 2.67 bits per heavy atom. The molecule has 4 heteroatoms. The number of aryl methyl sites for hydroxylation is 1. The van der Waals surface area contributed by atoms with Gasteiger partial charge in [0.15, 0.2) is 0 Å². The molecule has 1 rings (SSSR count). The van der Waals surface area contributed by atoms with Crippen molar-refractivity contribution in [2.75, 3.05) is 18.8 Å². The molecule has 0 heterocycles. The summed E-state index contributed by atoms with van der Waals surface area (Å²) in [4.78, 5) is 11.4. The summed E-state index contributed by atoms with van der Waals surface area (Å²) < 4.78 is 0. The topological polar surface area (TPSA) is 49.3 Å². The Bertz CT molecular complexity index is 311. The fourth-order valence-corrected chi connectivity index (χ4v) is 1.88. The van der Waals surface area contributed by atoms with E-state index in [4.69, 9.17) is 5.11 Å². The molecule has 1 aromatic rings. The van der Waals surface area contributed by atoms with Gasteiger partial charge in [-0.1, -0.05) is 17.7 Å². The highest BCUT2D eigenvalue weighted by Crippen LogP contribution is 2.17. The van der Waals surface area contributed by atoms with Crippen LogP contribution in [-0.4, -0.2) is 29.9 Å². The number of rotatable bonds is 6. The van der Waals surface area contributed by atoms with Crippen molar-refractivity contribution in [3.63, 3.8) is 0 Å². The SMILES string of the molecule is Cc1ccc(SCCNCC(=O)O)cc1. The molecule has 0 aliphatic rings. The Labute approximate surface area is 93.9 Å². The fourth-order valence-electron chi connectivity index (χ4n) is 1.07. The van der Waals surface area contributed by atoms with Crippen molar-refractivity contribution < 1.29 is 9.90 Å². The Balaban J connectivity index is 2.15. The second kappa shape index (κ2) is 6.48. The smallest absolute Gasteiger partial charge is 0.317 e. The Morgan fingerprint density at radius 1 is 1.40 bits per heavy atom. The van der Waals surface area contributed by atoms with Crippen LogP contribution >= 0.6 is 11.8 Å². The van der Waals surface area contributed by atoms with Gasteiger partial charge in [0.2, 0.25) is 0 Å². The normalized spacial score (nSPS) is 10.2. The zero-order chi connectivity index (χ0) is 11.1. The monoisotopic (exact) mass is 225 g/mol. The van der Waals surface area contributed by atoms with Crippen molar-refractivity contribution in [3.05, 3.63) is 29.8 Å². The van der Waals surface area contributed by atoms with Crippen LogP contribution in [0.15, 0.2) is 29.2 Å². The lowest BCUT2D eigenvalue weighted by Crippen LogP contribution is -2.24. The zero-order valence-electron chi connectivity index (χ0n) is 8.69. The van der Waals surface area contributed by atoms with E-state index in [2.05, 4.69) is 36.5 Å². The van der Waals surface area contributed by atoms with Crippen LogP contribution in [0.4, 0.5) is 0 Å². The minimum absolute atomic E-state index is 0.0362. The highest BCUT2D eigenvalue weighted by atomic mass is 32.2. The molecule has 0 aliphatic carbocycles. The number of carbonyl (C=O) groups is 1. The largest absolute Gasteiger partial charge is 0.480 e. The molecule has 0 spiro atoms. The second-order valence-corrected chi connectivity index (χ2v) is 4.40. The van der Waals surface area contributed by atoms with E-state index < -0.39 is 5.97 Å². The molecule has 0 unspecified atom stereocenters. The third-order valence-corrected chi connectivity index (χ3v) is 2.86. The summed E-state index contributed by atoms with van der Waals surface area (Å²) >= 11 is 1.73. The molecule has 3 nitrogen and oxygen atoms in total. The van der Waals surface area contributed by atoms with Gasteiger partial charge in [-0.25, -0.2) is 0 Å². The van der Waals surface area contributed by atoms with Crippen LogP contribution in [0.2, 0.25) is 0 Å². The summed E-state index contributed by atoms with van der Waals surface area (Å²) in [6.07, 6.45) is 0. The summed E-state index contributed by atoms with van der Waals surface area (Å²) in [5, 5.41) is 11.2.